The first kappa shape index (κ1) is 17.9. The highest BCUT2D eigenvalue weighted by Crippen LogP contribution is 2.25. The first-order valence-corrected chi connectivity index (χ1v) is 9.09. The van der Waals surface area contributed by atoms with Crippen LogP contribution in [0.5, 0.6) is 11.5 Å². The van der Waals surface area contributed by atoms with Crippen molar-refractivity contribution < 1.29 is 14.3 Å². The number of methoxy groups -OCH3 is 2. The third-order valence-electron chi connectivity index (χ3n) is 3.91. The summed E-state index contributed by atoms with van der Waals surface area (Å²) < 4.78 is 10.4. The van der Waals surface area contributed by atoms with E-state index in [-0.39, 0.29) is 5.91 Å². The van der Waals surface area contributed by atoms with Gasteiger partial charge in [0.25, 0.3) is 5.91 Å². The molecule has 3 aromatic rings. The van der Waals surface area contributed by atoms with Crippen LogP contribution in [0, 0.1) is 0 Å². The molecule has 0 atom stereocenters. The van der Waals surface area contributed by atoms with Crippen molar-refractivity contribution in [2.45, 2.75) is 6.42 Å². The highest BCUT2D eigenvalue weighted by Gasteiger charge is 2.11. The minimum absolute atomic E-state index is 0.145. The van der Waals surface area contributed by atoms with Gasteiger partial charge in [-0.05, 0) is 36.4 Å². The van der Waals surface area contributed by atoms with Crippen LogP contribution in [0.25, 0.3) is 10.6 Å². The van der Waals surface area contributed by atoms with Crippen LogP contribution < -0.4 is 14.8 Å². The predicted octanol–water partition coefficient (Wildman–Crippen LogP) is 3.80. The van der Waals surface area contributed by atoms with Gasteiger partial charge in [-0.25, -0.2) is 4.98 Å². The van der Waals surface area contributed by atoms with Crippen LogP contribution in [-0.4, -0.2) is 31.7 Å². The lowest BCUT2D eigenvalue weighted by Gasteiger charge is -2.08. The molecule has 2 aromatic carbocycles. The molecule has 1 amide bonds. The van der Waals surface area contributed by atoms with Crippen LogP contribution in [0.15, 0.2) is 53.9 Å². The second-order valence-electron chi connectivity index (χ2n) is 5.58. The number of carbonyl (C=O) groups is 1. The summed E-state index contributed by atoms with van der Waals surface area (Å²) >= 11 is 1.59. The van der Waals surface area contributed by atoms with E-state index in [1.807, 2.05) is 41.8 Å². The maximum Gasteiger partial charge on any atom is 0.255 e. The molecule has 0 bridgehead atoms. The molecular formula is C20H20N2O3S. The lowest BCUT2D eigenvalue weighted by Crippen LogP contribution is -2.26. The minimum Gasteiger partial charge on any atom is -0.497 e. The van der Waals surface area contributed by atoms with E-state index in [0.29, 0.717) is 24.3 Å². The van der Waals surface area contributed by atoms with Gasteiger partial charge in [0.2, 0.25) is 0 Å². The summed E-state index contributed by atoms with van der Waals surface area (Å²) in [6, 6.07) is 15.0. The van der Waals surface area contributed by atoms with Crippen molar-refractivity contribution in [3.05, 3.63) is 65.2 Å². The summed E-state index contributed by atoms with van der Waals surface area (Å²) in [7, 11) is 3.21. The van der Waals surface area contributed by atoms with E-state index >= 15 is 0 Å². The molecule has 134 valence electrons. The number of nitrogens with zero attached hydrogens (tertiary/aromatic N) is 1. The van der Waals surface area contributed by atoms with Crippen LogP contribution in [0.3, 0.4) is 0 Å². The van der Waals surface area contributed by atoms with Crippen LogP contribution in [0.2, 0.25) is 0 Å². The Morgan fingerprint density at radius 2 is 1.85 bits per heavy atom. The van der Waals surface area contributed by atoms with E-state index in [4.69, 9.17) is 9.47 Å². The number of nitrogens with one attached hydrogen (secondary N) is 1. The maximum atomic E-state index is 12.3. The number of thiazole rings is 1. The third kappa shape index (κ3) is 4.21. The van der Waals surface area contributed by atoms with Crippen molar-refractivity contribution in [1.29, 1.82) is 0 Å². The standard InChI is InChI=1S/C20H20N2O3S/c1-24-16-9-7-14(8-10-16)20-22-15(13-26-20)11-12-21-19(23)17-5-3-4-6-18(17)25-2/h3-10,13H,11-12H2,1-2H3,(H,21,23). The molecule has 1 heterocycles. The number of rotatable bonds is 7. The van der Waals surface area contributed by atoms with Gasteiger partial charge in [0.1, 0.15) is 16.5 Å². The predicted molar refractivity (Wildman–Crippen MR) is 103 cm³/mol. The molecule has 0 aliphatic carbocycles. The van der Waals surface area contributed by atoms with Gasteiger partial charge in [0, 0.05) is 23.9 Å². The second kappa shape index (κ2) is 8.49. The molecule has 26 heavy (non-hydrogen) atoms. The molecule has 0 unspecified atom stereocenters. The Hall–Kier alpha value is -2.86. The topological polar surface area (TPSA) is 60.5 Å². The van der Waals surface area contributed by atoms with Crippen molar-refractivity contribution >= 4 is 17.2 Å². The molecule has 3 rings (SSSR count). The van der Waals surface area contributed by atoms with Gasteiger partial charge in [-0.15, -0.1) is 11.3 Å². The monoisotopic (exact) mass is 368 g/mol. The summed E-state index contributed by atoms with van der Waals surface area (Å²) in [5.74, 6) is 1.25. The summed E-state index contributed by atoms with van der Waals surface area (Å²) in [5, 5.41) is 5.90. The number of ether oxygens (including phenoxy) is 2. The molecule has 0 saturated heterocycles. The largest absolute Gasteiger partial charge is 0.497 e. The second-order valence-corrected chi connectivity index (χ2v) is 6.44. The number of hydrogen-bond acceptors (Lipinski definition) is 5. The molecule has 0 aliphatic heterocycles. The van der Waals surface area contributed by atoms with Crippen molar-refractivity contribution in [1.82, 2.24) is 10.3 Å². The van der Waals surface area contributed by atoms with Crippen molar-refractivity contribution in [3.8, 4) is 22.1 Å². The molecule has 1 N–H and O–H groups in total. The van der Waals surface area contributed by atoms with Crippen molar-refractivity contribution in [2.24, 2.45) is 0 Å². The zero-order valence-corrected chi connectivity index (χ0v) is 15.5. The lowest BCUT2D eigenvalue weighted by atomic mass is 10.2. The van der Waals surface area contributed by atoms with Crippen LogP contribution in [0.1, 0.15) is 16.1 Å². The zero-order valence-electron chi connectivity index (χ0n) is 14.7. The first-order valence-electron chi connectivity index (χ1n) is 8.21. The number of aromatic nitrogens is 1. The highest BCUT2D eigenvalue weighted by atomic mass is 32.1. The Morgan fingerprint density at radius 1 is 1.08 bits per heavy atom. The Bertz CT molecular complexity index is 875. The maximum absolute atomic E-state index is 12.3. The molecule has 1 aromatic heterocycles. The fourth-order valence-electron chi connectivity index (χ4n) is 2.52. The highest BCUT2D eigenvalue weighted by molar-refractivity contribution is 7.13. The number of para-hydroxylation sites is 1. The van der Waals surface area contributed by atoms with E-state index < -0.39 is 0 Å². The molecule has 6 heteroatoms. The smallest absolute Gasteiger partial charge is 0.255 e. The normalized spacial score (nSPS) is 10.4. The van der Waals surface area contributed by atoms with Gasteiger partial charge in [-0.3, -0.25) is 4.79 Å². The van der Waals surface area contributed by atoms with E-state index in [2.05, 4.69) is 10.3 Å². The Balaban J connectivity index is 1.57. The van der Waals surface area contributed by atoms with E-state index in [1.165, 1.54) is 0 Å². The SMILES string of the molecule is COc1ccc(-c2nc(CCNC(=O)c3ccccc3OC)cs2)cc1. The van der Waals surface area contributed by atoms with Gasteiger partial charge in [-0.2, -0.15) is 0 Å². The molecule has 0 aliphatic rings. The van der Waals surface area contributed by atoms with Crippen LogP contribution >= 0.6 is 11.3 Å². The fourth-order valence-corrected chi connectivity index (χ4v) is 3.38. The van der Waals surface area contributed by atoms with Gasteiger partial charge in [0.05, 0.1) is 25.5 Å². The lowest BCUT2D eigenvalue weighted by molar-refractivity contribution is 0.0951. The molecule has 5 nitrogen and oxygen atoms in total. The summed E-state index contributed by atoms with van der Waals surface area (Å²) in [6.07, 6.45) is 0.674. The van der Waals surface area contributed by atoms with E-state index in [1.54, 1.807) is 37.7 Å². The Kier molecular flexibility index (Phi) is 5.86. The number of amides is 1. The Morgan fingerprint density at radius 3 is 2.58 bits per heavy atom. The summed E-state index contributed by atoms with van der Waals surface area (Å²) in [4.78, 5) is 16.9. The van der Waals surface area contributed by atoms with Gasteiger partial charge >= 0.3 is 0 Å². The van der Waals surface area contributed by atoms with Crippen LogP contribution in [0.4, 0.5) is 0 Å². The molecular weight excluding hydrogens is 348 g/mol. The van der Waals surface area contributed by atoms with Crippen molar-refractivity contribution in [3.63, 3.8) is 0 Å². The summed E-state index contributed by atoms with van der Waals surface area (Å²) in [5.41, 5.74) is 2.55. The molecule has 0 fully saturated rings. The molecule has 0 radical (unpaired) electrons. The molecule has 0 saturated carbocycles. The van der Waals surface area contributed by atoms with Crippen molar-refractivity contribution in [2.75, 3.05) is 20.8 Å². The van der Waals surface area contributed by atoms with Crippen LogP contribution in [-0.2, 0) is 6.42 Å². The molecule has 0 spiro atoms. The minimum atomic E-state index is -0.145. The summed E-state index contributed by atoms with van der Waals surface area (Å²) in [6.45, 7) is 0.517. The third-order valence-corrected chi connectivity index (χ3v) is 4.85. The number of benzene rings is 2. The van der Waals surface area contributed by atoms with Gasteiger partial charge in [-0.1, -0.05) is 12.1 Å². The Labute approximate surface area is 156 Å². The van der Waals surface area contributed by atoms with Gasteiger partial charge < -0.3 is 14.8 Å². The number of hydrogen-bond donors (Lipinski definition) is 1. The van der Waals surface area contributed by atoms with E-state index in [0.717, 1.165) is 22.0 Å². The zero-order chi connectivity index (χ0) is 18.4. The fraction of sp³-hybridized carbons (Fsp3) is 0.200. The number of carbonyl (C=O) groups excluding carboxylic acids is 1. The van der Waals surface area contributed by atoms with Gasteiger partial charge in [0.15, 0.2) is 0 Å². The van der Waals surface area contributed by atoms with E-state index in [9.17, 15) is 4.79 Å². The average molecular weight is 368 g/mol. The average Bonchev–Trinajstić information content (AvgIpc) is 3.16. The first-order chi connectivity index (χ1) is 12.7. The quantitative estimate of drug-likeness (QED) is 0.689.